The minimum Gasteiger partial charge on any atom is -0.398 e. The first-order valence-corrected chi connectivity index (χ1v) is 16.7. The molecule has 0 aromatic heterocycles. The molecule has 2 nitrogen and oxygen atoms in total. The van der Waals surface area contributed by atoms with Crippen LogP contribution in [0.3, 0.4) is 0 Å². The number of anilines is 2. The molecule has 0 amide bonds. The number of rotatable bonds is 19. The molecule has 2 aromatic rings. The van der Waals surface area contributed by atoms with Crippen molar-refractivity contribution in [2.75, 3.05) is 11.5 Å². The van der Waals surface area contributed by atoms with Crippen LogP contribution in [0.4, 0.5) is 99.2 Å². The molecule has 0 saturated heterocycles. The lowest BCUT2D eigenvalue weighted by atomic mass is 9.83. The van der Waals surface area contributed by atoms with Gasteiger partial charge in [0.25, 0.3) is 0 Å². The lowest BCUT2D eigenvalue weighted by Crippen LogP contribution is -2.76. The summed E-state index contributed by atoms with van der Waals surface area (Å²) >= 11 is 0. The van der Waals surface area contributed by atoms with Gasteiger partial charge in [0.15, 0.2) is 0 Å². The molecular weight excluding hydrogens is 816 g/mol. The van der Waals surface area contributed by atoms with Crippen LogP contribution in [0.15, 0.2) is 24.3 Å². The highest BCUT2D eigenvalue weighted by atomic mass is 19.4. The highest BCUT2D eigenvalue weighted by Gasteiger charge is 2.97. The largest absolute Gasteiger partial charge is 0.398 e. The number of hydrogen-bond acceptors (Lipinski definition) is 2. The molecule has 2 rings (SSSR count). The summed E-state index contributed by atoms with van der Waals surface area (Å²) in [5, 5.41) is 0. The molecule has 0 radical (unpaired) electrons. The van der Waals surface area contributed by atoms with E-state index >= 15 is 17.6 Å². The third-order valence-electron chi connectivity index (χ3n) is 9.05. The van der Waals surface area contributed by atoms with E-state index in [2.05, 4.69) is 0 Å². The molecule has 0 aliphatic rings. The van der Waals surface area contributed by atoms with Crippen LogP contribution in [0, 0.1) is 0 Å². The Hall–Kier alpha value is -3.36. The van der Waals surface area contributed by atoms with E-state index in [9.17, 15) is 70.2 Å². The van der Waals surface area contributed by atoms with Crippen LogP contribution in [-0.4, -0.2) is 47.4 Å². The molecule has 56 heavy (non-hydrogen) atoms. The third-order valence-corrected chi connectivity index (χ3v) is 9.05. The van der Waals surface area contributed by atoms with E-state index in [1.54, 1.807) is 0 Å². The van der Waals surface area contributed by atoms with Crippen molar-refractivity contribution in [3.05, 3.63) is 57.6 Å². The number of halogens is 20. The lowest BCUT2D eigenvalue weighted by molar-refractivity contribution is -0.470. The van der Waals surface area contributed by atoms with Crippen molar-refractivity contribution >= 4 is 11.4 Å². The number of aryl methyl sites for hydroxylation is 4. The Morgan fingerprint density at radius 1 is 0.321 bits per heavy atom. The molecule has 22 heteroatoms. The van der Waals surface area contributed by atoms with E-state index in [1.807, 2.05) is 0 Å². The van der Waals surface area contributed by atoms with Crippen LogP contribution in [0.25, 0.3) is 0 Å². The molecule has 0 bridgehead atoms. The molecular formula is C34H36F20N2. The van der Waals surface area contributed by atoms with Gasteiger partial charge in [-0.2, -0.15) is 87.8 Å². The summed E-state index contributed by atoms with van der Waals surface area (Å²) < 4.78 is 297. The Morgan fingerprint density at radius 3 is 0.643 bits per heavy atom. The minimum atomic E-state index is -9.12. The Bertz CT molecular complexity index is 1520. The molecule has 322 valence electrons. The first-order valence-electron chi connectivity index (χ1n) is 16.7. The van der Waals surface area contributed by atoms with Gasteiger partial charge in [0.05, 0.1) is 0 Å². The van der Waals surface area contributed by atoms with Crippen LogP contribution in [-0.2, 0) is 37.5 Å². The van der Waals surface area contributed by atoms with Gasteiger partial charge in [-0.3, -0.25) is 0 Å². The Morgan fingerprint density at radius 2 is 0.482 bits per heavy atom. The summed E-state index contributed by atoms with van der Waals surface area (Å²) in [6.45, 7) is 5.43. The minimum absolute atomic E-state index is 0.0136. The molecule has 4 N–H and O–H groups in total. The molecule has 0 aliphatic heterocycles. The van der Waals surface area contributed by atoms with Crippen molar-refractivity contribution in [2.24, 2.45) is 0 Å². The van der Waals surface area contributed by atoms with Crippen molar-refractivity contribution in [1.29, 1.82) is 0 Å². The average molecular weight is 853 g/mol. The van der Waals surface area contributed by atoms with Crippen molar-refractivity contribution in [3.63, 3.8) is 0 Å². The quantitative estimate of drug-likeness (QED) is 0.109. The maximum absolute atomic E-state index is 15.2. The van der Waals surface area contributed by atoms with E-state index in [1.165, 1.54) is 27.7 Å². The van der Waals surface area contributed by atoms with Gasteiger partial charge in [0.1, 0.15) is 0 Å². The third kappa shape index (κ3) is 6.99. The summed E-state index contributed by atoms with van der Waals surface area (Å²) in [5.74, 6) is -83.1. The van der Waals surface area contributed by atoms with Gasteiger partial charge >= 0.3 is 59.2 Å². The zero-order valence-electron chi connectivity index (χ0n) is 29.7. The van der Waals surface area contributed by atoms with Gasteiger partial charge in [-0.05, 0) is 72.2 Å². The summed E-state index contributed by atoms with van der Waals surface area (Å²) in [6, 6.07) is -0.217. The molecule has 0 saturated carbocycles. The fourth-order valence-electron chi connectivity index (χ4n) is 5.76. The van der Waals surface area contributed by atoms with Crippen LogP contribution < -0.4 is 11.5 Å². The molecule has 0 atom stereocenters. The van der Waals surface area contributed by atoms with Gasteiger partial charge in [-0.1, -0.05) is 53.4 Å². The normalized spacial score (nSPS) is 14.8. The summed E-state index contributed by atoms with van der Waals surface area (Å²) in [4.78, 5) is 0. The second-order valence-electron chi connectivity index (χ2n) is 13.2. The van der Waals surface area contributed by atoms with Crippen molar-refractivity contribution in [2.45, 2.75) is 138 Å². The number of alkyl halides is 20. The van der Waals surface area contributed by atoms with Crippen LogP contribution in [0.5, 0.6) is 0 Å². The zero-order chi connectivity index (χ0) is 44.1. The van der Waals surface area contributed by atoms with Crippen molar-refractivity contribution in [1.82, 2.24) is 0 Å². The topological polar surface area (TPSA) is 52.0 Å². The van der Waals surface area contributed by atoms with Crippen LogP contribution in [0.2, 0.25) is 0 Å². The number of benzene rings is 2. The lowest BCUT2D eigenvalue weighted by Gasteiger charge is -2.45. The fourth-order valence-corrected chi connectivity index (χ4v) is 5.76. The predicted octanol–water partition coefficient (Wildman–Crippen LogP) is 12.6. The van der Waals surface area contributed by atoms with Crippen molar-refractivity contribution < 1.29 is 87.8 Å². The second kappa shape index (κ2) is 15.4. The van der Waals surface area contributed by atoms with Gasteiger partial charge in [0.2, 0.25) is 0 Å². The monoisotopic (exact) mass is 852 g/mol. The van der Waals surface area contributed by atoms with E-state index in [0.29, 0.717) is 0 Å². The molecule has 0 heterocycles. The molecule has 2 aromatic carbocycles. The van der Waals surface area contributed by atoms with Gasteiger partial charge in [-0.15, -0.1) is 0 Å². The Labute approximate surface area is 307 Å². The molecule has 0 aliphatic carbocycles. The molecule has 0 spiro atoms. The van der Waals surface area contributed by atoms with Gasteiger partial charge < -0.3 is 11.5 Å². The van der Waals surface area contributed by atoms with Crippen LogP contribution in [0.1, 0.15) is 86.8 Å². The Kier molecular flexibility index (Phi) is 13.4. The van der Waals surface area contributed by atoms with E-state index in [4.69, 9.17) is 11.5 Å². The zero-order valence-corrected chi connectivity index (χ0v) is 29.7. The smallest absolute Gasteiger partial charge is 0.385 e. The predicted molar refractivity (Wildman–Crippen MR) is 165 cm³/mol. The first kappa shape index (κ1) is 48.8. The van der Waals surface area contributed by atoms with Gasteiger partial charge in [-0.25, -0.2) is 0 Å². The first-order chi connectivity index (χ1) is 25.0. The summed E-state index contributed by atoms with van der Waals surface area (Å²) in [7, 11) is 0. The summed E-state index contributed by atoms with van der Waals surface area (Å²) in [5.41, 5.74) is 3.98. The standard InChI is InChI=1S/C34H36F20N2/c1-5-9-17-13-21(14-18(10-6-2)23(17)55)25(35,36)27(39,40)29(43,44)31(47,48)33(51,52)34(53,54)32(49,50)30(45,46)28(41,42)26(37,38)22-15-19(11-7-3)24(56)20(16-22)12-8-4/h13-16H,5-12,55-56H2,1-4H3. The van der Waals surface area contributed by atoms with E-state index in [0.717, 1.165) is 0 Å². The van der Waals surface area contributed by atoms with E-state index in [-0.39, 0.29) is 87.0 Å². The second-order valence-corrected chi connectivity index (χ2v) is 13.2. The summed E-state index contributed by atoms with van der Waals surface area (Å²) in [6.07, 6.45) is -1.55. The van der Waals surface area contributed by atoms with Gasteiger partial charge in [0, 0.05) is 22.5 Å². The van der Waals surface area contributed by atoms with E-state index < -0.39 is 92.6 Å². The maximum Gasteiger partial charge on any atom is 0.385 e. The molecule has 0 fully saturated rings. The van der Waals surface area contributed by atoms with Crippen molar-refractivity contribution in [3.8, 4) is 0 Å². The average Bonchev–Trinajstić information content (AvgIpc) is 3.07. The Balaban J connectivity index is 2.81. The SMILES string of the molecule is CCCc1cc(C(F)(F)C(F)(F)C(F)(F)C(F)(F)C(F)(F)C(F)(F)C(F)(F)C(F)(F)C(F)(F)C(F)(F)c2cc(CCC)c(N)c(CCC)c2)cc(CCC)c1N. The number of hydrogen-bond donors (Lipinski definition) is 2. The number of nitrogens with two attached hydrogens (primary N) is 2. The highest BCUT2D eigenvalue weighted by molar-refractivity contribution is 5.58. The maximum atomic E-state index is 15.2. The molecule has 0 unspecified atom stereocenters. The van der Waals surface area contributed by atoms with Crippen LogP contribution >= 0.6 is 0 Å². The number of nitrogen functional groups attached to an aromatic ring is 2. The highest BCUT2D eigenvalue weighted by Crippen LogP contribution is 2.67. The fraction of sp³-hybridized carbons (Fsp3) is 0.647.